The number of fused-ring (bicyclic) bond motifs is 10. The van der Waals surface area contributed by atoms with Crippen molar-refractivity contribution < 1.29 is 0 Å². The Morgan fingerprint density at radius 3 is 1.75 bits per heavy atom. The van der Waals surface area contributed by atoms with E-state index in [1.165, 1.54) is 146 Å². The molecule has 4 aliphatic rings. The second-order valence-electron chi connectivity index (χ2n) is 26.3. The van der Waals surface area contributed by atoms with Crippen molar-refractivity contribution in [2.75, 3.05) is 14.7 Å². The lowest BCUT2D eigenvalue weighted by Crippen LogP contribution is -2.61. The fraction of sp³-hybridized carbons (Fsp3) is 0.314. The third-order valence-corrected chi connectivity index (χ3v) is 19.5. The highest BCUT2D eigenvalue weighted by atomic mass is 32.1. The van der Waals surface area contributed by atoms with Gasteiger partial charge in [0.05, 0.1) is 11.2 Å². The minimum Gasteiger partial charge on any atom is -0.334 e. The van der Waals surface area contributed by atoms with Gasteiger partial charge in [-0.05, 0) is 166 Å². The summed E-state index contributed by atoms with van der Waals surface area (Å²) >= 11 is 1.91. The van der Waals surface area contributed by atoms with Gasteiger partial charge in [-0.25, -0.2) is 0 Å². The maximum absolute atomic E-state index is 2.85. The van der Waals surface area contributed by atoms with Gasteiger partial charge in [-0.1, -0.05) is 173 Å². The van der Waals surface area contributed by atoms with Gasteiger partial charge in [0.1, 0.15) is 0 Å². The Morgan fingerprint density at radius 2 is 1.07 bits per heavy atom. The van der Waals surface area contributed by atoms with Crippen LogP contribution in [0.15, 0.2) is 152 Å². The first-order chi connectivity index (χ1) is 35.6. The van der Waals surface area contributed by atoms with E-state index in [9.17, 15) is 0 Å². The van der Waals surface area contributed by atoms with Gasteiger partial charge < -0.3 is 14.7 Å². The Bertz CT molecular complexity index is 3820. The Balaban J connectivity index is 1.19. The number of hydrogen-bond donors (Lipinski definition) is 0. The standard InChI is InChI=1S/C70H72BN3S/c1-43-35-44(2)64-59(36-43)74(70(13)34-20-19-33-69(64,70)12)50-40-60-65-61(41-50)73(56-32-27-46(66(3,4)5)37-53(56)45-21-15-14-16-22-45)58-39-48(68(9,10)11)26-31-55(58)71(65)54-30-25-47(67(6,7)8)38-57(54)72(60)49-28-29-52-51-23-17-18-24-62(51)75-63(52)42-49/h14-18,21-32,35-42H,19-20,33-34H2,1-13H3. The smallest absolute Gasteiger partial charge is 0.252 e. The van der Waals surface area contributed by atoms with E-state index < -0.39 is 0 Å². The average molecular weight is 998 g/mol. The van der Waals surface area contributed by atoms with E-state index in [0.29, 0.717) is 0 Å². The third-order valence-electron chi connectivity index (χ3n) is 18.4. The molecule has 376 valence electrons. The predicted molar refractivity (Wildman–Crippen MR) is 327 cm³/mol. The van der Waals surface area contributed by atoms with Crippen LogP contribution in [-0.4, -0.2) is 12.3 Å². The van der Waals surface area contributed by atoms with Gasteiger partial charge in [0.15, 0.2) is 0 Å². The summed E-state index contributed by atoms with van der Waals surface area (Å²) in [6.45, 7) is 31.1. The molecule has 2 atom stereocenters. The SMILES string of the molecule is Cc1cc(C)c2c(c1)N(c1cc3c4c(c1)N(c1ccc(C(C)(C)C)cc1-c1ccccc1)c1cc(C(C)(C)C)ccc1B4c1ccc(C(C)(C)C)cc1N3c1ccc3c(c1)sc1ccccc13)C1(C)CCCCC21C. The molecule has 0 amide bonds. The predicted octanol–water partition coefficient (Wildman–Crippen LogP) is 18.1. The maximum Gasteiger partial charge on any atom is 0.252 e. The van der Waals surface area contributed by atoms with Crippen molar-refractivity contribution in [3.8, 4) is 11.1 Å². The summed E-state index contributed by atoms with van der Waals surface area (Å²) in [7, 11) is 0. The molecule has 0 bridgehead atoms. The monoisotopic (exact) mass is 998 g/mol. The molecule has 0 N–H and O–H groups in total. The highest BCUT2D eigenvalue weighted by molar-refractivity contribution is 7.25. The van der Waals surface area contributed by atoms with Crippen molar-refractivity contribution in [1.82, 2.24) is 0 Å². The number of benzene rings is 8. The minimum absolute atomic E-state index is 0.0162. The molecule has 0 saturated heterocycles. The van der Waals surface area contributed by atoms with E-state index in [1.807, 2.05) is 11.3 Å². The van der Waals surface area contributed by atoms with Crippen LogP contribution >= 0.6 is 11.3 Å². The van der Waals surface area contributed by atoms with Gasteiger partial charge in [0.25, 0.3) is 6.71 Å². The van der Waals surface area contributed by atoms with Crippen molar-refractivity contribution in [3.63, 3.8) is 0 Å². The van der Waals surface area contributed by atoms with Crippen molar-refractivity contribution >= 4 is 100 Å². The molecule has 1 fully saturated rings. The Labute approximate surface area is 451 Å². The zero-order valence-electron chi connectivity index (χ0n) is 46.6. The van der Waals surface area contributed by atoms with Crippen LogP contribution in [0.1, 0.15) is 135 Å². The number of rotatable bonds is 4. The van der Waals surface area contributed by atoms with Crippen molar-refractivity contribution in [2.24, 2.45) is 0 Å². The van der Waals surface area contributed by atoms with Crippen LogP contribution in [0.3, 0.4) is 0 Å². The normalized spacial score (nSPS) is 19.1. The van der Waals surface area contributed by atoms with Gasteiger partial charge in [0.2, 0.25) is 0 Å². The molecule has 13 rings (SSSR count). The molecule has 1 saturated carbocycles. The molecule has 9 aromatic rings. The van der Waals surface area contributed by atoms with Crippen LogP contribution in [0.4, 0.5) is 45.5 Å². The van der Waals surface area contributed by atoms with Gasteiger partial charge in [-0.15, -0.1) is 11.3 Å². The van der Waals surface area contributed by atoms with E-state index in [0.717, 1.165) is 6.42 Å². The van der Waals surface area contributed by atoms with Crippen LogP contribution in [0.2, 0.25) is 0 Å². The summed E-state index contributed by atoms with van der Waals surface area (Å²) < 4.78 is 2.64. The summed E-state index contributed by atoms with van der Waals surface area (Å²) in [5, 5.41) is 2.65. The van der Waals surface area contributed by atoms with Gasteiger partial charge in [-0.2, -0.15) is 0 Å². The topological polar surface area (TPSA) is 9.72 Å². The third kappa shape index (κ3) is 7.19. The molecule has 3 nitrogen and oxygen atoms in total. The van der Waals surface area contributed by atoms with Crippen LogP contribution in [0.25, 0.3) is 31.3 Å². The molecule has 75 heavy (non-hydrogen) atoms. The lowest BCUT2D eigenvalue weighted by Gasteiger charge is -2.51. The second-order valence-corrected chi connectivity index (χ2v) is 27.4. The van der Waals surface area contributed by atoms with E-state index in [2.05, 4.69) is 256 Å². The Hall–Kier alpha value is -6.56. The molecule has 5 heteroatoms. The van der Waals surface area contributed by atoms with E-state index in [4.69, 9.17) is 0 Å². The molecule has 2 unspecified atom stereocenters. The zero-order chi connectivity index (χ0) is 52.3. The molecule has 1 aromatic heterocycles. The van der Waals surface area contributed by atoms with Gasteiger partial charge >= 0.3 is 0 Å². The fourth-order valence-corrected chi connectivity index (χ4v) is 15.4. The lowest BCUT2D eigenvalue weighted by atomic mass is 9.33. The van der Waals surface area contributed by atoms with E-state index in [-0.39, 0.29) is 33.9 Å². The van der Waals surface area contributed by atoms with Gasteiger partial charge in [0, 0.05) is 71.0 Å². The van der Waals surface area contributed by atoms with Crippen molar-refractivity contribution in [2.45, 2.75) is 143 Å². The zero-order valence-corrected chi connectivity index (χ0v) is 47.4. The number of hydrogen-bond acceptors (Lipinski definition) is 4. The summed E-state index contributed by atoms with van der Waals surface area (Å²) in [4.78, 5) is 8.24. The first kappa shape index (κ1) is 48.1. The number of nitrogens with zero attached hydrogens (tertiary/aromatic N) is 3. The first-order valence-electron chi connectivity index (χ1n) is 27.7. The Morgan fingerprint density at radius 1 is 0.480 bits per heavy atom. The fourth-order valence-electron chi connectivity index (χ4n) is 14.3. The maximum atomic E-state index is 2.85. The number of aryl methyl sites for hydroxylation is 2. The summed E-state index contributed by atoms with van der Waals surface area (Å²) in [6.07, 6.45) is 4.77. The molecular formula is C70H72BN3S. The number of anilines is 8. The van der Waals surface area contributed by atoms with E-state index in [1.54, 1.807) is 0 Å². The highest BCUT2D eigenvalue weighted by Crippen LogP contribution is 2.63. The molecule has 0 radical (unpaired) electrons. The van der Waals surface area contributed by atoms with Crippen molar-refractivity contribution in [1.29, 1.82) is 0 Å². The molecule has 3 aliphatic heterocycles. The van der Waals surface area contributed by atoms with Crippen LogP contribution in [0, 0.1) is 13.8 Å². The summed E-state index contributed by atoms with van der Waals surface area (Å²) in [6, 6.07) is 59.9. The Kier molecular flexibility index (Phi) is 10.6. The molecule has 8 aromatic carbocycles. The van der Waals surface area contributed by atoms with Crippen LogP contribution in [-0.2, 0) is 21.7 Å². The average Bonchev–Trinajstić information content (AvgIpc) is 3.89. The minimum atomic E-state index is -0.153. The molecule has 1 aliphatic carbocycles. The first-order valence-corrected chi connectivity index (χ1v) is 28.6. The summed E-state index contributed by atoms with van der Waals surface area (Å²) in [5.74, 6) is 0. The molecule has 4 heterocycles. The molecule has 0 spiro atoms. The summed E-state index contributed by atoms with van der Waals surface area (Å²) in [5.41, 5.74) is 24.5. The number of thiophene rings is 1. The van der Waals surface area contributed by atoms with E-state index >= 15 is 0 Å². The van der Waals surface area contributed by atoms with Crippen LogP contribution in [0.5, 0.6) is 0 Å². The van der Waals surface area contributed by atoms with Crippen LogP contribution < -0.4 is 31.1 Å². The quantitative estimate of drug-likeness (QED) is 0.163. The van der Waals surface area contributed by atoms with Gasteiger partial charge in [-0.3, -0.25) is 0 Å². The second kappa shape index (κ2) is 16.5. The highest BCUT2D eigenvalue weighted by Gasteiger charge is 2.59. The van der Waals surface area contributed by atoms with Crippen molar-refractivity contribution in [3.05, 3.63) is 185 Å². The lowest BCUT2D eigenvalue weighted by molar-refractivity contribution is 0.194. The molecular weight excluding hydrogens is 926 g/mol. The largest absolute Gasteiger partial charge is 0.334 e.